The van der Waals surface area contributed by atoms with Crippen LogP contribution in [0, 0.1) is 5.41 Å². The van der Waals surface area contributed by atoms with Gasteiger partial charge in [0.2, 0.25) is 0 Å². The summed E-state index contributed by atoms with van der Waals surface area (Å²) in [6.45, 7) is 2.40. The molecule has 0 aromatic heterocycles. The molecule has 58 valence electrons. The van der Waals surface area contributed by atoms with Crippen LogP contribution < -0.4 is 10.9 Å². The molecule has 0 unspecified atom stereocenters. The van der Waals surface area contributed by atoms with Gasteiger partial charge in [-0.1, -0.05) is 19.3 Å². The summed E-state index contributed by atoms with van der Waals surface area (Å²) in [5.74, 6) is 0. The zero-order valence-corrected chi connectivity index (χ0v) is 6.45. The lowest BCUT2D eigenvalue weighted by Crippen LogP contribution is -2.28. The maximum absolute atomic E-state index is 3.23. The molecule has 0 amide bonds. The van der Waals surface area contributed by atoms with Crippen LogP contribution in [-0.2, 0) is 0 Å². The molecule has 1 aliphatic carbocycles. The summed E-state index contributed by atoms with van der Waals surface area (Å²) in [6.07, 6.45) is 7.23. The summed E-state index contributed by atoms with van der Waals surface area (Å²) in [5.41, 5.74) is 7.12. The summed E-state index contributed by atoms with van der Waals surface area (Å²) in [5, 5.41) is 0. The molecule has 1 saturated heterocycles. The molecule has 2 fully saturated rings. The van der Waals surface area contributed by atoms with Gasteiger partial charge in [-0.2, -0.15) is 0 Å². The van der Waals surface area contributed by atoms with Gasteiger partial charge in [0.15, 0.2) is 0 Å². The fourth-order valence-corrected chi connectivity index (χ4v) is 2.22. The van der Waals surface area contributed by atoms with Crippen molar-refractivity contribution in [3.05, 3.63) is 0 Å². The smallest absolute Gasteiger partial charge is 0.0169 e. The third-order valence-electron chi connectivity index (χ3n) is 2.97. The minimum absolute atomic E-state index is 0.651. The number of hydrazine groups is 1. The molecule has 2 rings (SSSR count). The Morgan fingerprint density at radius 2 is 1.40 bits per heavy atom. The largest absolute Gasteiger partial charge is 0.257 e. The van der Waals surface area contributed by atoms with Gasteiger partial charge in [-0.15, -0.1) is 0 Å². The number of nitrogens with one attached hydrogen (secondary N) is 2. The maximum Gasteiger partial charge on any atom is 0.0169 e. The Morgan fingerprint density at radius 1 is 0.800 bits per heavy atom. The summed E-state index contributed by atoms with van der Waals surface area (Å²) < 4.78 is 0. The Morgan fingerprint density at radius 3 is 2.00 bits per heavy atom. The minimum Gasteiger partial charge on any atom is -0.257 e. The summed E-state index contributed by atoms with van der Waals surface area (Å²) >= 11 is 0. The summed E-state index contributed by atoms with van der Waals surface area (Å²) in [7, 11) is 0. The summed E-state index contributed by atoms with van der Waals surface area (Å²) in [6, 6.07) is 0. The van der Waals surface area contributed by atoms with Crippen LogP contribution in [0.15, 0.2) is 0 Å². The Hall–Kier alpha value is -0.0800. The van der Waals surface area contributed by atoms with Crippen molar-refractivity contribution in [1.29, 1.82) is 0 Å². The highest BCUT2D eigenvalue weighted by Crippen LogP contribution is 2.36. The van der Waals surface area contributed by atoms with Gasteiger partial charge in [0.25, 0.3) is 0 Å². The Labute approximate surface area is 62.4 Å². The molecule has 0 bridgehead atoms. The molecule has 10 heavy (non-hydrogen) atoms. The highest BCUT2D eigenvalue weighted by Gasteiger charge is 2.34. The Kier molecular flexibility index (Phi) is 1.66. The molecule has 2 heteroatoms. The van der Waals surface area contributed by atoms with Crippen LogP contribution in [0.25, 0.3) is 0 Å². The van der Waals surface area contributed by atoms with E-state index in [1.54, 1.807) is 0 Å². The first-order valence-corrected chi connectivity index (χ1v) is 4.37. The molecule has 1 aliphatic heterocycles. The second-order valence-electron chi connectivity index (χ2n) is 3.77. The van der Waals surface area contributed by atoms with Gasteiger partial charge in [0.05, 0.1) is 0 Å². The van der Waals surface area contributed by atoms with Crippen LogP contribution >= 0.6 is 0 Å². The van der Waals surface area contributed by atoms with Crippen molar-refractivity contribution >= 4 is 0 Å². The van der Waals surface area contributed by atoms with E-state index in [4.69, 9.17) is 0 Å². The maximum atomic E-state index is 3.23. The first kappa shape index (κ1) is 6.62. The number of rotatable bonds is 0. The zero-order valence-electron chi connectivity index (χ0n) is 6.45. The molecule has 2 nitrogen and oxygen atoms in total. The second kappa shape index (κ2) is 2.51. The third-order valence-corrected chi connectivity index (χ3v) is 2.97. The lowest BCUT2D eigenvalue weighted by atomic mass is 9.75. The van der Waals surface area contributed by atoms with Crippen LogP contribution in [0.3, 0.4) is 0 Å². The van der Waals surface area contributed by atoms with E-state index in [9.17, 15) is 0 Å². The normalized spacial score (nSPS) is 31.2. The van der Waals surface area contributed by atoms with Gasteiger partial charge in [-0.25, -0.2) is 0 Å². The second-order valence-corrected chi connectivity index (χ2v) is 3.77. The molecule has 0 aromatic carbocycles. The predicted octanol–water partition coefficient (Wildman–Crippen LogP) is 1.04. The van der Waals surface area contributed by atoms with Gasteiger partial charge in [0.1, 0.15) is 0 Å². The van der Waals surface area contributed by atoms with Crippen LogP contribution in [0.2, 0.25) is 0 Å². The molecule has 0 radical (unpaired) electrons. The van der Waals surface area contributed by atoms with E-state index in [0.29, 0.717) is 5.41 Å². The van der Waals surface area contributed by atoms with Crippen molar-refractivity contribution in [3.63, 3.8) is 0 Å². The average molecular weight is 140 g/mol. The molecule has 2 N–H and O–H groups in total. The van der Waals surface area contributed by atoms with Crippen LogP contribution in [-0.4, -0.2) is 13.1 Å². The first-order valence-electron chi connectivity index (χ1n) is 4.37. The fourth-order valence-electron chi connectivity index (χ4n) is 2.22. The highest BCUT2D eigenvalue weighted by atomic mass is 15.4. The number of hydrogen-bond acceptors (Lipinski definition) is 2. The Bertz CT molecular complexity index is 108. The van der Waals surface area contributed by atoms with E-state index >= 15 is 0 Å². The molecule has 0 atom stereocenters. The van der Waals surface area contributed by atoms with E-state index in [1.165, 1.54) is 45.2 Å². The van der Waals surface area contributed by atoms with E-state index in [-0.39, 0.29) is 0 Å². The molecule has 1 heterocycles. The van der Waals surface area contributed by atoms with Crippen molar-refractivity contribution in [2.24, 2.45) is 5.41 Å². The van der Waals surface area contributed by atoms with Crippen molar-refractivity contribution < 1.29 is 0 Å². The predicted molar refractivity (Wildman–Crippen MR) is 41.5 cm³/mol. The van der Waals surface area contributed by atoms with E-state index in [2.05, 4.69) is 10.9 Å². The van der Waals surface area contributed by atoms with E-state index in [1.807, 2.05) is 0 Å². The van der Waals surface area contributed by atoms with E-state index in [0.717, 1.165) is 0 Å². The molecular formula is C8H16N2. The third kappa shape index (κ3) is 1.06. The van der Waals surface area contributed by atoms with Crippen LogP contribution in [0.1, 0.15) is 32.1 Å². The van der Waals surface area contributed by atoms with Crippen molar-refractivity contribution in [3.8, 4) is 0 Å². The molecule has 0 aromatic rings. The number of hydrogen-bond donors (Lipinski definition) is 2. The van der Waals surface area contributed by atoms with Crippen LogP contribution in [0.4, 0.5) is 0 Å². The van der Waals surface area contributed by atoms with Gasteiger partial charge in [-0.3, -0.25) is 10.9 Å². The topological polar surface area (TPSA) is 24.1 Å². The highest BCUT2D eigenvalue weighted by molar-refractivity contribution is 4.89. The van der Waals surface area contributed by atoms with Gasteiger partial charge in [0, 0.05) is 13.1 Å². The fraction of sp³-hybridized carbons (Fsp3) is 1.00. The Balaban J connectivity index is 1.98. The molecule has 2 aliphatic rings. The summed E-state index contributed by atoms with van der Waals surface area (Å²) in [4.78, 5) is 0. The van der Waals surface area contributed by atoms with Crippen molar-refractivity contribution in [2.45, 2.75) is 32.1 Å². The first-order chi connectivity index (χ1) is 4.91. The van der Waals surface area contributed by atoms with Gasteiger partial charge in [-0.05, 0) is 18.3 Å². The van der Waals surface area contributed by atoms with Gasteiger partial charge >= 0.3 is 0 Å². The quantitative estimate of drug-likeness (QED) is 0.525. The van der Waals surface area contributed by atoms with Gasteiger partial charge < -0.3 is 0 Å². The minimum atomic E-state index is 0.651. The standard InChI is InChI=1S/C8H16N2/c1-2-4-8(5-3-1)6-9-10-7-8/h9-10H,1-7H2. The molecule has 1 saturated carbocycles. The molecular weight excluding hydrogens is 124 g/mol. The van der Waals surface area contributed by atoms with Crippen LogP contribution in [0.5, 0.6) is 0 Å². The lowest BCUT2D eigenvalue weighted by Gasteiger charge is -2.31. The molecule has 1 spiro atoms. The monoisotopic (exact) mass is 140 g/mol. The van der Waals surface area contributed by atoms with Crippen molar-refractivity contribution in [2.75, 3.05) is 13.1 Å². The van der Waals surface area contributed by atoms with Crippen molar-refractivity contribution in [1.82, 2.24) is 10.9 Å². The van der Waals surface area contributed by atoms with E-state index < -0.39 is 0 Å². The SMILES string of the molecule is C1CCC2(CC1)CNNC2. The lowest BCUT2D eigenvalue weighted by molar-refractivity contribution is 0.232. The zero-order chi connectivity index (χ0) is 6.86. The average Bonchev–Trinajstić information content (AvgIpc) is 2.39.